The molecule has 26 heavy (non-hydrogen) atoms. The van der Waals surface area contributed by atoms with Gasteiger partial charge in [-0.15, -0.1) is 0 Å². The number of nitrogens with one attached hydrogen (secondary N) is 1. The van der Waals surface area contributed by atoms with E-state index in [0.717, 1.165) is 24.9 Å². The fourth-order valence-corrected chi connectivity index (χ4v) is 4.23. The summed E-state index contributed by atoms with van der Waals surface area (Å²) >= 11 is 0. The van der Waals surface area contributed by atoms with Gasteiger partial charge in [0.05, 0.1) is 5.92 Å². The number of hydrogen-bond donors (Lipinski definition) is 1. The van der Waals surface area contributed by atoms with Crippen LogP contribution in [0.3, 0.4) is 0 Å². The van der Waals surface area contributed by atoms with Gasteiger partial charge in [-0.25, -0.2) is 0 Å². The Balaban J connectivity index is 1.68. The fraction of sp³-hybridized carbons (Fsp3) is 0.636. The molecule has 0 spiro atoms. The summed E-state index contributed by atoms with van der Waals surface area (Å²) in [5.41, 5.74) is 2.18. The zero-order chi connectivity index (χ0) is 18.5. The first-order valence-electron chi connectivity index (χ1n) is 10.3. The number of rotatable bonds is 5. The van der Waals surface area contributed by atoms with Crippen molar-refractivity contribution in [3.05, 3.63) is 29.8 Å². The number of carbonyl (C=O) groups is 2. The molecule has 1 aromatic rings. The molecule has 0 radical (unpaired) electrons. The van der Waals surface area contributed by atoms with Crippen LogP contribution in [0, 0.1) is 5.92 Å². The number of nitrogens with zero attached hydrogens (tertiary/aromatic N) is 1. The first kappa shape index (κ1) is 18.9. The Kier molecular flexibility index (Phi) is 6.33. The molecule has 1 aliphatic heterocycles. The van der Waals surface area contributed by atoms with E-state index in [9.17, 15) is 9.59 Å². The van der Waals surface area contributed by atoms with E-state index in [1.54, 1.807) is 0 Å². The van der Waals surface area contributed by atoms with Crippen LogP contribution in [0.5, 0.6) is 0 Å². The monoisotopic (exact) mass is 356 g/mol. The average molecular weight is 357 g/mol. The molecule has 0 unspecified atom stereocenters. The van der Waals surface area contributed by atoms with E-state index in [1.165, 1.54) is 31.2 Å². The molecule has 1 aromatic carbocycles. The minimum absolute atomic E-state index is 0.0637. The first-order valence-corrected chi connectivity index (χ1v) is 10.3. The van der Waals surface area contributed by atoms with Crippen molar-refractivity contribution in [2.75, 3.05) is 11.4 Å². The van der Waals surface area contributed by atoms with Gasteiger partial charge in [-0.05, 0) is 36.8 Å². The quantitative estimate of drug-likeness (QED) is 0.795. The van der Waals surface area contributed by atoms with E-state index in [1.807, 2.05) is 23.1 Å². The van der Waals surface area contributed by atoms with Crippen molar-refractivity contribution < 1.29 is 9.59 Å². The zero-order valence-corrected chi connectivity index (χ0v) is 16.2. The van der Waals surface area contributed by atoms with Gasteiger partial charge in [0.2, 0.25) is 11.8 Å². The molecule has 2 fully saturated rings. The highest BCUT2D eigenvalue weighted by molar-refractivity contribution is 6.00. The molecule has 2 atom stereocenters. The van der Waals surface area contributed by atoms with Crippen LogP contribution < -0.4 is 10.2 Å². The zero-order valence-electron chi connectivity index (χ0n) is 16.2. The maximum Gasteiger partial charge on any atom is 0.227 e. The predicted octanol–water partition coefficient (Wildman–Crippen LogP) is 4.39. The summed E-state index contributed by atoms with van der Waals surface area (Å²) in [4.78, 5) is 27.2. The number of carbonyl (C=O) groups excluding carboxylic acids is 2. The van der Waals surface area contributed by atoms with Crippen LogP contribution >= 0.6 is 0 Å². The molecule has 142 valence electrons. The molecule has 2 amide bonds. The average Bonchev–Trinajstić information content (AvgIpc) is 2.87. The van der Waals surface area contributed by atoms with E-state index < -0.39 is 0 Å². The third-order valence-corrected chi connectivity index (χ3v) is 6.07. The van der Waals surface area contributed by atoms with Crippen LogP contribution in [-0.2, 0) is 9.59 Å². The minimum atomic E-state index is -0.226. The number of hydrogen-bond acceptors (Lipinski definition) is 2. The molecule has 4 nitrogen and oxygen atoms in total. The molecule has 3 rings (SSSR count). The van der Waals surface area contributed by atoms with E-state index in [2.05, 4.69) is 25.2 Å². The number of para-hydroxylation sites is 1. The third kappa shape index (κ3) is 4.28. The lowest BCUT2D eigenvalue weighted by Gasteiger charge is -2.23. The van der Waals surface area contributed by atoms with Crippen LogP contribution in [0.15, 0.2) is 24.3 Å². The van der Waals surface area contributed by atoms with Gasteiger partial charge in [-0.3, -0.25) is 9.59 Å². The SMILES string of the molecule is CC[C@@H](C)c1ccccc1N1C[C@H](C(=O)NC2CCCCCC2)CC1=O. The van der Waals surface area contributed by atoms with Gasteiger partial charge >= 0.3 is 0 Å². The molecule has 0 bridgehead atoms. The van der Waals surface area contributed by atoms with Crippen molar-refractivity contribution in [3.63, 3.8) is 0 Å². The normalized spacial score (nSPS) is 22.9. The first-order chi connectivity index (χ1) is 12.6. The third-order valence-electron chi connectivity index (χ3n) is 6.07. The highest BCUT2D eigenvalue weighted by Gasteiger charge is 2.36. The van der Waals surface area contributed by atoms with Crippen LogP contribution in [0.25, 0.3) is 0 Å². The van der Waals surface area contributed by atoms with E-state index in [-0.39, 0.29) is 17.7 Å². The predicted molar refractivity (Wildman–Crippen MR) is 105 cm³/mol. The Hall–Kier alpha value is -1.84. The lowest BCUT2D eigenvalue weighted by Crippen LogP contribution is -2.39. The Labute approximate surface area is 157 Å². The van der Waals surface area contributed by atoms with Crippen molar-refractivity contribution in [1.82, 2.24) is 5.32 Å². The highest BCUT2D eigenvalue weighted by Crippen LogP contribution is 2.33. The van der Waals surface area contributed by atoms with E-state index >= 15 is 0 Å². The van der Waals surface area contributed by atoms with Gasteiger partial charge in [0, 0.05) is 24.7 Å². The Morgan fingerprint density at radius 2 is 1.88 bits per heavy atom. The summed E-state index contributed by atoms with van der Waals surface area (Å²) in [7, 11) is 0. The summed E-state index contributed by atoms with van der Waals surface area (Å²) in [5, 5.41) is 3.22. The molecular weight excluding hydrogens is 324 g/mol. The molecule has 1 saturated heterocycles. The van der Waals surface area contributed by atoms with Gasteiger partial charge in [-0.2, -0.15) is 0 Å². The van der Waals surface area contributed by atoms with Crippen molar-refractivity contribution in [3.8, 4) is 0 Å². The summed E-state index contributed by atoms with van der Waals surface area (Å²) in [6.07, 6.45) is 8.45. The van der Waals surface area contributed by atoms with Crippen LogP contribution in [0.2, 0.25) is 0 Å². The van der Waals surface area contributed by atoms with Gasteiger partial charge < -0.3 is 10.2 Å². The van der Waals surface area contributed by atoms with Crippen LogP contribution in [0.1, 0.15) is 76.7 Å². The molecule has 1 aliphatic carbocycles. The molecule has 1 N–H and O–H groups in total. The van der Waals surface area contributed by atoms with E-state index in [0.29, 0.717) is 24.9 Å². The lowest BCUT2D eigenvalue weighted by molar-refractivity contribution is -0.127. The summed E-state index contributed by atoms with van der Waals surface area (Å²) in [5.74, 6) is 0.309. The summed E-state index contributed by atoms with van der Waals surface area (Å²) in [6, 6.07) is 8.43. The molecule has 4 heteroatoms. The molecule has 0 aromatic heterocycles. The van der Waals surface area contributed by atoms with E-state index in [4.69, 9.17) is 0 Å². The Morgan fingerprint density at radius 3 is 2.58 bits per heavy atom. The van der Waals surface area contributed by atoms with Crippen molar-refractivity contribution >= 4 is 17.5 Å². The minimum Gasteiger partial charge on any atom is -0.353 e. The molecular formula is C22H32N2O2. The van der Waals surface area contributed by atoms with Crippen molar-refractivity contribution in [1.29, 1.82) is 0 Å². The second-order valence-electron chi connectivity index (χ2n) is 7.97. The largest absolute Gasteiger partial charge is 0.353 e. The van der Waals surface area contributed by atoms with Gasteiger partial charge in [0.15, 0.2) is 0 Å². The van der Waals surface area contributed by atoms with Gasteiger partial charge in [0.25, 0.3) is 0 Å². The van der Waals surface area contributed by atoms with Crippen LogP contribution in [-0.4, -0.2) is 24.4 Å². The van der Waals surface area contributed by atoms with Crippen molar-refractivity contribution in [2.24, 2.45) is 5.92 Å². The van der Waals surface area contributed by atoms with Gasteiger partial charge in [0.1, 0.15) is 0 Å². The maximum absolute atomic E-state index is 12.7. The Morgan fingerprint density at radius 1 is 1.19 bits per heavy atom. The topological polar surface area (TPSA) is 49.4 Å². The molecule has 1 heterocycles. The molecule has 2 aliphatic rings. The Bertz CT molecular complexity index is 635. The maximum atomic E-state index is 12.7. The molecule has 1 saturated carbocycles. The lowest BCUT2D eigenvalue weighted by atomic mass is 9.96. The number of anilines is 1. The van der Waals surface area contributed by atoms with Crippen LogP contribution in [0.4, 0.5) is 5.69 Å². The second kappa shape index (κ2) is 8.70. The fourth-order valence-electron chi connectivity index (χ4n) is 4.23. The summed E-state index contributed by atoms with van der Waals surface area (Å²) in [6.45, 7) is 4.86. The second-order valence-corrected chi connectivity index (χ2v) is 7.97. The highest BCUT2D eigenvalue weighted by atomic mass is 16.2. The summed E-state index contributed by atoms with van der Waals surface area (Å²) < 4.78 is 0. The standard InChI is InChI=1S/C22H32N2O2/c1-3-16(2)19-12-8-9-13-20(19)24-15-17(14-21(24)25)22(26)23-18-10-6-4-5-7-11-18/h8-9,12-13,16-18H,3-7,10-11,14-15H2,1-2H3,(H,23,26)/t16-,17-/m1/s1. The van der Waals surface area contributed by atoms with Gasteiger partial charge in [-0.1, -0.05) is 57.7 Å². The number of benzene rings is 1. The smallest absolute Gasteiger partial charge is 0.227 e. The van der Waals surface area contributed by atoms with Crippen molar-refractivity contribution in [2.45, 2.75) is 77.2 Å². The number of amides is 2.